The average Bonchev–Trinajstić information content (AvgIpc) is 2.49. The highest BCUT2D eigenvalue weighted by Crippen LogP contribution is 2.22. The number of Topliss-reactive ketones (excluding diaryl/α,β-unsaturated/α-hetero) is 1. The number of carbonyl (C=O) groups is 1. The van der Waals surface area contributed by atoms with E-state index in [9.17, 15) is 18.0 Å². The molecule has 0 radical (unpaired) electrons. The van der Waals surface area contributed by atoms with Crippen molar-refractivity contribution in [1.29, 1.82) is 0 Å². The molecule has 0 saturated carbocycles. The fourth-order valence-electron chi connectivity index (χ4n) is 1.16. The molecule has 1 aromatic heterocycles. The summed E-state index contributed by atoms with van der Waals surface area (Å²) in [7, 11) is 1.65. The number of aryl methyl sites for hydroxylation is 1. The molecule has 1 rings (SSSR count). The molecule has 0 unspecified atom stereocenters. The van der Waals surface area contributed by atoms with Gasteiger partial charge in [-0.05, 0) is 6.42 Å². The minimum absolute atomic E-state index is 0.0921. The van der Waals surface area contributed by atoms with Crippen LogP contribution in [0.4, 0.5) is 13.2 Å². The van der Waals surface area contributed by atoms with Gasteiger partial charge in [0.1, 0.15) is 0 Å². The maximum Gasteiger partial charge on any atom is 0.389 e. The highest BCUT2D eigenvalue weighted by atomic mass is 19.4. The van der Waals surface area contributed by atoms with Crippen LogP contribution in [0, 0.1) is 0 Å². The lowest BCUT2D eigenvalue weighted by Gasteiger charge is -2.04. The van der Waals surface area contributed by atoms with E-state index in [0.29, 0.717) is 5.56 Å². The molecule has 0 aromatic carbocycles. The molecule has 0 saturated heterocycles. The van der Waals surface area contributed by atoms with E-state index in [1.807, 2.05) is 0 Å². The van der Waals surface area contributed by atoms with E-state index >= 15 is 0 Å². The summed E-state index contributed by atoms with van der Waals surface area (Å²) in [6.45, 7) is 0. The normalized spacial score (nSPS) is 11.7. The van der Waals surface area contributed by atoms with Crippen molar-refractivity contribution in [2.45, 2.75) is 25.4 Å². The molecular weight excluding hydrogens is 209 g/mol. The van der Waals surface area contributed by atoms with Crippen LogP contribution in [-0.4, -0.2) is 21.7 Å². The van der Waals surface area contributed by atoms with Crippen molar-refractivity contribution in [2.75, 3.05) is 0 Å². The third-order valence-corrected chi connectivity index (χ3v) is 1.89. The van der Waals surface area contributed by atoms with Crippen LogP contribution in [0.25, 0.3) is 0 Å². The first-order valence-corrected chi connectivity index (χ1v) is 4.47. The summed E-state index contributed by atoms with van der Waals surface area (Å²) in [6, 6.07) is 0. The number of rotatable bonds is 4. The lowest BCUT2D eigenvalue weighted by molar-refractivity contribution is -0.135. The second kappa shape index (κ2) is 4.46. The molecule has 6 heteroatoms. The van der Waals surface area contributed by atoms with E-state index in [2.05, 4.69) is 5.10 Å². The monoisotopic (exact) mass is 220 g/mol. The predicted molar refractivity (Wildman–Crippen MR) is 47.4 cm³/mol. The Morgan fingerprint density at radius 2 is 2.20 bits per heavy atom. The maximum absolute atomic E-state index is 11.8. The van der Waals surface area contributed by atoms with Crippen molar-refractivity contribution in [3.8, 4) is 0 Å². The summed E-state index contributed by atoms with van der Waals surface area (Å²) >= 11 is 0. The van der Waals surface area contributed by atoms with Crippen LogP contribution in [0.1, 0.15) is 29.6 Å². The molecule has 15 heavy (non-hydrogen) atoms. The Kier molecular flexibility index (Phi) is 3.49. The number of hydrogen-bond acceptors (Lipinski definition) is 2. The predicted octanol–water partition coefficient (Wildman–Crippen LogP) is 2.34. The van der Waals surface area contributed by atoms with Gasteiger partial charge < -0.3 is 0 Å². The molecule has 0 atom stereocenters. The summed E-state index contributed by atoms with van der Waals surface area (Å²) in [5, 5.41) is 3.77. The Morgan fingerprint density at radius 1 is 1.53 bits per heavy atom. The van der Waals surface area contributed by atoms with Gasteiger partial charge in [-0.15, -0.1) is 0 Å². The summed E-state index contributed by atoms with van der Waals surface area (Å²) in [4.78, 5) is 11.3. The molecule has 0 aliphatic heterocycles. The molecule has 3 nitrogen and oxygen atoms in total. The largest absolute Gasteiger partial charge is 0.389 e. The van der Waals surface area contributed by atoms with E-state index in [4.69, 9.17) is 0 Å². The summed E-state index contributed by atoms with van der Waals surface area (Å²) in [6.07, 6.45) is -2.51. The third kappa shape index (κ3) is 4.14. The molecular formula is C9H11F3N2O. The lowest BCUT2D eigenvalue weighted by Crippen LogP contribution is -2.08. The van der Waals surface area contributed by atoms with Crippen LogP contribution < -0.4 is 0 Å². The van der Waals surface area contributed by atoms with E-state index in [1.165, 1.54) is 17.1 Å². The quantitative estimate of drug-likeness (QED) is 0.730. The average molecular weight is 220 g/mol. The van der Waals surface area contributed by atoms with Crippen LogP contribution in [0.5, 0.6) is 0 Å². The van der Waals surface area contributed by atoms with Gasteiger partial charge in [0.05, 0.1) is 11.8 Å². The zero-order valence-electron chi connectivity index (χ0n) is 8.21. The SMILES string of the molecule is Cn1cc(C(=O)CCCC(F)(F)F)cn1. The molecule has 0 amide bonds. The van der Waals surface area contributed by atoms with Crippen molar-refractivity contribution in [2.24, 2.45) is 7.05 Å². The van der Waals surface area contributed by atoms with Crippen LogP contribution >= 0.6 is 0 Å². The Labute approximate surface area is 84.9 Å². The van der Waals surface area contributed by atoms with Gasteiger partial charge in [-0.3, -0.25) is 9.48 Å². The first-order valence-electron chi connectivity index (χ1n) is 4.47. The second-order valence-corrected chi connectivity index (χ2v) is 3.29. The van der Waals surface area contributed by atoms with Crippen molar-refractivity contribution < 1.29 is 18.0 Å². The number of aromatic nitrogens is 2. The molecule has 0 spiro atoms. The van der Waals surface area contributed by atoms with Gasteiger partial charge in [0.15, 0.2) is 5.78 Å². The van der Waals surface area contributed by atoms with Crippen molar-refractivity contribution >= 4 is 5.78 Å². The Morgan fingerprint density at radius 3 is 2.67 bits per heavy atom. The van der Waals surface area contributed by atoms with Gasteiger partial charge in [0, 0.05) is 26.1 Å². The fraction of sp³-hybridized carbons (Fsp3) is 0.556. The van der Waals surface area contributed by atoms with Crippen LogP contribution in [0.15, 0.2) is 12.4 Å². The Hall–Kier alpha value is -1.33. The van der Waals surface area contributed by atoms with Gasteiger partial charge >= 0.3 is 6.18 Å². The Balaban J connectivity index is 2.37. The fourth-order valence-corrected chi connectivity index (χ4v) is 1.16. The van der Waals surface area contributed by atoms with Crippen molar-refractivity contribution in [3.05, 3.63) is 18.0 Å². The molecule has 0 N–H and O–H groups in total. The van der Waals surface area contributed by atoms with Gasteiger partial charge in [0.2, 0.25) is 0 Å². The highest BCUT2D eigenvalue weighted by Gasteiger charge is 2.26. The number of halogens is 3. The third-order valence-electron chi connectivity index (χ3n) is 1.89. The molecule has 0 fully saturated rings. The maximum atomic E-state index is 11.8. The zero-order chi connectivity index (χ0) is 11.5. The van der Waals surface area contributed by atoms with Gasteiger partial charge in [-0.1, -0.05) is 0 Å². The standard InChI is InChI=1S/C9H11F3N2O/c1-14-6-7(5-13-14)8(15)3-2-4-9(10,11)12/h5-6H,2-4H2,1H3. The van der Waals surface area contributed by atoms with Crippen LogP contribution in [0.3, 0.4) is 0 Å². The summed E-state index contributed by atoms with van der Waals surface area (Å²) < 4.78 is 36.8. The number of carbonyl (C=O) groups excluding carboxylic acids is 1. The smallest absolute Gasteiger partial charge is 0.294 e. The molecule has 1 heterocycles. The van der Waals surface area contributed by atoms with Crippen LogP contribution in [0.2, 0.25) is 0 Å². The number of hydrogen-bond donors (Lipinski definition) is 0. The first-order chi connectivity index (χ1) is 6.88. The minimum Gasteiger partial charge on any atom is -0.294 e. The van der Waals surface area contributed by atoms with E-state index in [1.54, 1.807) is 7.05 Å². The van der Waals surface area contributed by atoms with E-state index in [0.717, 1.165) is 0 Å². The number of ketones is 1. The van der Waals surface area contributed by atoms with Gasteiger partial charge in [-0.25, -0.2) is 0 Å². The molecule has 0 aliphatic rings. The lowest BCUT2D eigenvalue weighted by atomic mass is 10.1. The van der Waals surface area contributed by atoms with Gasteiger partial charge in [-0.2, -0.15) is 18.3 Å². The Bertz CT molecular complexity index is 343. The first kappa shape index (κ1) is 11.7. The molecule has 1 aromatic rings. The number of nitrogens with zero attached hydrogens (tertiary/aromatic N) is 2. The second-order valence-electron chi connectivity index (χ2n) is 3.29. The zero-order valence-corrected chi connectivity index (χ0v) is 8.21. The molecule has 84 valence electrons. The van der Waals surface area contributed by atoms with E-state index < -0.39 is 12.6 Å². The van der Waals surface area contributed by atoms with Crippen LogP contribution in [-0.2, 0) is 7.05 Å². The summed E-state index contributed by atoms with van der Waals surface area (Å²) in [5.41, 5.74) is 0.361. The number of alkyl halides is 3. The van der Waals surface area contributed by atoms with Crippen molar-refractivity contribution in [3.63, 3.8) is 0 Å². The molecule has 0 bridgehead atoms. The van der Waals surface area contributed by atoms with E-state index in [-0.39, 0.29) is 18.6 Å². The van der Waals surface area contributed by atoms with Crippen molar-refractivity contribution in [1.82, 2.24) is 9.78 Å². The highest BCUT2D eigenvalue weighted by molar-refractivity contribution is 5.95. The minimum atomic E-state index is -4.19. The summed E-state index contributed by atoms with van der Waals surface area (Å²) in [5.74, 6) is -0.299. The van der Waals surface area contributed by atoms with Gasteiger partial charge in [0.25, 0.3) is 0 Å². The topological polar surface area (TPSA) is 34.9 Å². The molecule has 0 aliphatic carbocycles.